The highest BCUT2D eigenvalue weighted by atomic mass is 19.4. The molecule has 0 saturated heterocycles. The molecule has 4 N–H and O–H groups in total. The number of hydrogen-bond acceptors (Lipinski definition) is 8. The van der Waals surface area contributed by atoms with Crippen LogP contribution in [0.1, 0.15) is 16.1 Å². The zero-order chi connectivity index (χ0) is 18.1. The average Bonchev–Trinajstić information content (AvgIpc) is 2.48. The SMILES string of the molecule is NOCc1cc(C(=O)OC(=O)C(F)(F)F)nc2cc(O)c(O)cc12. The number of aromatic nitrogens is 1. The molecule has 0 saturated carbocycles. The molecular formula is C13H9F3N2O6. The second-order valence-corrected chi connectivity index (χ2v) is 4.51. The Kier molecular flexibility index (Phi) is 4.57. The van der Waals surface area contributed by atoms with Crippen LogP contribution in [-0.2, 0) is 21.0 Å². The molecule has 24 heavy (non-hydrogen) atoms. The molecule has 1 aromatic carbocycles. The van der Waals surface area contributed by atoms with Crippen LogP contribution in [-0.4, -0.2) is 33.3 Å². The summed E-state index contributed by atoms with van der Waals surface area (Å²) in [6.07, 6.45) is -5.35. The van der Waals surface area contributed by atoms with Gasteiger partial charge in [0.2, 0.25) is 0 Å². The maximum absolute atomic E-state index is 12.1. The van der Waals surface area contributed by atoms with E-state index in [4.69, 9.17) is 5.90 Å². The highest BCUT2D eigenvalue weighted by molar-refractivity contribution is 5.99. The summed E-state index contributed by atoms with van der Waals surface area (Å²) in [6, 6.07) is 3.05. The van der Waals surface area contributed by atoms with E-state index in [0.717, 1.165) is 18.2 Å². The zero-order valence-electron chi connectivity index (χ0n) is 11.6. The van der Waals surface area contributed by atoms with Gasteiger partial charge in [0.1, 0.15) is 5.69 Å². The Balaban J connectivity index is 2.49. The third-order valence-electron chi connectivity index (χ3n) is 2.86. The first kappa shape index (κ1) is 17.4. The predicted molar refractivity (Wildman–Crippen MR) is 70.5 cm³/mol. The summed E-state index contributed by atoms with van der Waals surface area (Å²) < 4.78 is 40.1. The largest absolute Gasteiger partial charge is 0.504 e. The van der Waals surface area contributed by atoms with Crippen molar-refractivity contribution in [2.24, 2.45) is 5.90 Å². The summed E-state index contributed by atoms with van der Waals surface area (Å²) in [4.78, 5) is 30.5. The van der Waals surface area contributed by atoms with E-state index in [0.29, 0.717) is 0 Å². The second kappa shape index (κ2) is 6.29. The molecule has 0 aliphatic heterocycles. The molecule has 8 nitrogen and oxygen atoms in total. The van der Waals surface area contributed by atoms with Crippen LogP contribution in [0.3, 0.4) is 0 Å². The lowest BCUT2D eigenvalue weighted by Gasteiger charge is -2.10. The first-order chi connectivity index (χ1) is 11.1. The number of hydrogen-bond donors (Lipinski definition) is 3. The van der Waals surface area contributed by atoms with Gasteiger partial charge in [-0.1, -0.05) is 0 Å². The van der Waals surface area contributed by atoms with Crippen LogP contribution in [0.15, 0.2) is 18.2 Å². The molecule has 2 aromatic rings. The van der Waals surface area contributed by atoms with Crippen molar-refractivity contribution in [3.8, 4) is 11.5 Å². The third kappa shape index (κ3) is 3.52. The Morgan fingerprint density at radius 3 is 2.38 bits per heavy atom. The van der Waals surface area contributed by atoms with Crippen LogP contribution >= 0.6 is 0 Å². The number of phenolic OH excluding ortho intramolecular Hbond substituents is 2. The summed E-state index contributed by atoms with van der Waals surface area (Å²) in [6.45, 7) is -0.295. The van der Waals surface area contributed by atoms with Gasteiger partial charge in [-0.15, -0.1) is 0 Å². The van der Waals surface area contributed by atoms with Gasteiger partial charge >= 0.3 is 18.1 Å². The number of halogens is 3. The van der Waals surface area contributed by atoms with E-state index in [1.807, 2.05) is 0 Å². The number of rotatable bonds is 3. The fraction of sp³-hybridized carbons (Fsp3) is 0.154. The number of nitrogens with zero attached hydrogens (tertiary/aromatic N) is 1. The van der Waals surface area contributed by atoms with Gasteiger partial charge in [-0.3, -0.25) is 4.84 Å². The van der Waals surface area contributed by atoms with Crippen LogP contribution in [0.5, 0.6) is 11.5 Å². The molecule has 0 amide bonds. The van der Waals surface area contributed by atoms with Gasteiger partial charge in [0.05, 0.1) is 12.1 Å². The van der Waals surface area contributed by atoms with Crippen molar-refractivity contribution < 1.29 is 42.5 Å². The van der Waals surface area contributed by atoms with Crippen molar-refractivity contribution in [3.05, 3.63) is 29.5 Å². The van der Waals surface area contributed by atoms with Crippen LogP contribution in [0.25, 0.3) is 10.9 Å². The molecule has 0 spiro atoms. The van der Waals surface area contributed by atoms with Gasteiger partial charge in [-0.05, 0) is 17.7 Å². The average molecular weight is 346 g/mol. The Labute approximate surface area is 131 Å². The monoisotopic (exact) mass is 346 g/mol. The molecule has 0 fully saturated rings. The van der Waals surface area contributed by atoms with Gasteiger partial charge in [-0.25, -0.2) is 20.5 Å². The van der Waals surface area contributed by atoms with E-state index < -0.39 is 35.3 Å². The first-order valence-corrected chi connectivity index (χ1v) is 6.14. The van der Waals surface area contributed by atoms with E-state index >= 15 is 0 Å². The summed E-state index contributed by atoms with van der Waals surface area (Å²) >= 11 is 0. The van der Waals surface area contributed by atoms with Gasteiger partial charge in [0.25, 0.3) is 0 Å². The number of carbonyl (C=O) groups is 2. The second-order valence-electron chi connectivity index (χ2n) is 4.51. The maximum Gasteiger partial charge on any atom is 0.491 e. The van der Waals surface area contributed by atoms with Crippen molar-refractivity contribution >= 4 is 22.8 Å². The van der Waals surface area contributed by atoms with E-state index in [9.17, 15) is 33.0 Å². The quantitative estimate of drug-likeness (QED) is 0.328. The Bertz CT molecular complexity index is 821. The molecule has 128 valence electrons. The lowest BCUT2D eigenvalue weighted by atomic mass is 10.1. The third-order valence-corrected chi connectivity index (χ3v) is 2.86. The minimum atomic E-state index is -5.35. The number of alkyl halides is 3. The van der Waals surface area contributed by atoms with Gasteiger partial charge in [-0.2, -0.15) is 13.2 Å². The Hall–Kier alpha value is -2.92. The molecule has 0 atom stereocenters. The summed E-state index contributed by atoms with van der Waals surface area (Å²) in [5, 5.41) is 19.2. The first-order valence-electron chi connectivity index (χ1n) is 6.14. The number of pyridine rings is 1. The number of phenols is 2. The normalized spacial score (nSPS) is 11.5. The van der Waals surface area contributed by atoms with Gasteiger partial charge in [0.15, 0.2) is 11.5 Å². The molecule has 0 radical (unpaired) electrons. The molecule has 0 unspecified atom stereocenters. The van der Waals surface area contributed by atoms with E-state index in [2.05, 4.69) is 14.6 Å². The number of ether oxygens (including phenoxy) is 1. The number of esters is 2. The predicted octanol–water partition coefficient (Wildman–Crippen LogP) is 1.28. The fourth-order valence-electron chi connectivity index (χ4n) is 1.83. The topological polar surface area (TPSA) is 132 Å². The van der Waals surface area contributed by atoms with E-state index in [1.54, 1.807) is 0 Å². The zero-order valence-corrected chi connectivity index (χ0v) is 11.6. The van der Waals surface area contributed by atoms with Crippen molar-refractivity contribution in [2.75, 3.05) is 0 Å². The van der Waals surface area contributed by atoms with Crippen molar-refractivity contribution in [1.82, 2.24) is 4.98 Å². The number of carbonyl (C=O) groups excluding carboxylic acids is 2. The highest BCUT2D eigenvalue weighted by Crippen LogP contribution is 2.31. The minimum Gasteiger partial charge on any atom is -0.504 e. The van der Waals surface area contributed by atoms with Crippen LogP contribution in [0, 0.1) is 0 Å². The highest BCUT2D eigenvalue weighted by Gasteiger charge is 2.42. The van der Waals surface area contributed by atoms with Crippen LogP contribution in [0.2, 0.25) is 0 Å². The number of fused-ring (bicyclic) bond motifs is 1. The summed E-state index contributed by atoms with van der Waals surface area (Å²) in [7, 11) is 0. The molecule has 0 bridgehead atoms. The molecule has 1 aromatic heterocycles. The summed E-state index contributed by atoms with van der Waals surface area (Å²) in [5.41, 5.74) is -0.548. The molecule has 0 aliphatic rings. The molecule has 2 rings (SSSR count). The molecule has 11 heteroatoms. The Morgan fingerprint density at radius 2 is 1.79 bits per heavy atom. The van der Waals surface area contributed by atoms with Gasteiger partial charge in [0, 0.05) is 11.5 Å². The lowest BCUT2D eigenvalue weighted by molar-refractivity contribution is -0.193. The Morgan fingerprint density at radius 1 is 1.17 bits per heavy atom. The summed E-state index contributed by atoms with van der Waals surface area (Å²) in [5.74, 6) is -0.483. The lowest BCUT2D eigenvalue weighted by Crippen LogP contribution is -2.28. The van der Waals surface area contributed by atoms with Crippen LogP contribution < -0.4 is 5.90 Å². The molecular weight excluding hydrogens is 337 g/mol. The molecule has 1 heterocycles. The van der Waals surface area contributed by atoms with Gasteiger partial charge < -0.3 is 14.9 Å². The standard InChI is InChI=1S/C13H9F3N2O6/c14-13(15,16)12(22)24-11(21)8-1-5(4-23-17)6-2-9(19)10(20)3-7(6)18-8/h1-3,19-20H,4,17H2. The van der Waals surface area contributed by atoms with Crippen molar-refractivity contribution in [1.29, 1.82) is 0 Å². The molecule has 0 aliphatic carbocycles. The van der Waals surface area contributed by atoms with Crippen molar-refractivity contribution in [3.63, 3.8) is 0 Å². The number of aromatic hydroxyl groups is 2. The van der Waals surface area contributed by atoms with Crippen molar-refractivity contribution in [2.45, 2.75) is 12.8 Å². The minimum absolute atomic E-state index is 0.0637. The smallest absolute Gasteiger partial charge is 0.491 e. The number of benzene rings is 1. The van der Waals surface area contributed by atoms with E-state index in [-0.39, 0.29) is 23.1 Å². The van der Waals surface area contributed by atoms with Crippen LogP contribution in [0.4, 0.5) is 13.2 Å². The number of nitrogens with two attached hydrogens (primary N) is 1. The fourth-order valence-corrected chi connectivity index (χ4v) is 1.83. The maximum atomic E-state index is 12.1. The van der Waals surface area contributed by atoms with E-state index in [1.165, 1.54) is 0 Å².